The Morgan fingerprint density at radius 1 is 1.03 bits per heavy atom. The van der Waals surface area contributed by atoms with Gasteiger partial charge in [-0.25, -0.2) is 4.68 Å². The van der Waals surface area contributed by atoms with Crippen molar-refractivity contribution in [3.05, 3.63) is 71.9 Å². The summed E-state index contributed by atoms with van der Waals surface area (Å²) in [5, 5.41) is 10.1. The highest BCUT2D eigenvalue weighted by Crippen LogP contribution is 2.20. The summed E-state index contributed by atoms with van der Waals surface area (Å²) in [6, 6.07) is 18.3. The molecular weight excluding hydrogens is 368 g/mol. The van der Waals surface area contributed by atoms with E-state index in [4.69, 9.17) is 4.74 Å². The zero-order valence-electron chi connectivity index (χ0n) is 16.7. The molecule has 1 heterocycles. The summed E-state index contributed by atoms with van der Waals surface area (Å²) in [6.45, 7) is 4.07. The first-order chi connectivity index (χ1) is 14.0. The Kier molecular flexibility index (Phi) is 6.41. The Morgan fingerprint density at radius 2 is 1.79 bits per heavy atom. The van der Waals surface area contributed by atoms with E-state index in [1.54, 1.807) is 37.8 Å². The minimum Gasteiger partial charge on any atom is -0.380 e. The minimum absolute atomic E-state index is 0.152. The van der Waals surface area contributed by atoms with E-state index in [0.717, 1.165) is 11.3 Å². The zero-order valence-corrected chi connectivity index (χ0v) is 16.7. The van der Waals surface area contributed by atoms with Crippen LogP contribution in [0.4, 0.5) is 11.5 Å². The van der Waals surface area contributed by atoms with Gasteiger partial charge in [-0.3, -0.25) is 9.59 Å². The van der Waals surface area contributed by atoms with Crippen LogP contribution in [0.15, 0.2) is 60.7 Å². The third kappa shape index (κ3) is 5.08. The molecule has 0 bridgehead atoms. The van der Waals surface area contributed by atoms with Gasteiger partial charge in [-0.2, -0.15) is 5.10 Å². The van der Waals surface area contributed by atoms with E-state index >= 15 is 0 Å². The molecule has 0 aliphatic heterocycles. The summed E-state index contributed by atoms with van der Waals surface area (Å²) in [5.41, 5.74) is 2.54. The molecule has 7 heteroatoms. The molecule has 0 unspecified atom stereocenters. The van der Waals surface area contributed by atoms with Gasteiger partial charge < -0.3 is 15.4 Å². The highest BCUT2D eigenvalue weighted by Gasteiger charge is 2.18. The number of para-hydroxylation sites is 1. The molecule has 29 heavy (non-hydrogen) atoms. The molecule has 1 aromatic heterocycles. The first kappa shape index (κ1) is 20.3. The summed E-state index contributed by atoms with van der Waals surface area (Å²) in [7, 11) is 1.62. The molecule has 0 aliphatic carbocycles. The van der Waals surface area contributed by atoms with Gasteiger partial charge in [0.1, 0.15) is 5.82 Å². The van der Waals surface area contributed by atoms with Crippen LogP contribution in [0.5, 0.6) is 0 Å². The third-order valence-corrected chi connectivity index (χ3v) is 4.21. The van der Waals surface area contributed by atoms with Crippen molar-refractivity contribution in [2.45, 2.75) is 20.5 Å². The van der Waals surface area contributed by atoms with Gasteiger partial charge in [0, 0.05) is 24.8 Å². The van der Waals surface area contributed by atoms with Crippen molar-refractivity contribution in [2.24, 2.45) is 5.92 Å². The lowest BCUT2D eigenvalue weighted by atomic mass is 10.2. The number of nitrogens with zero attached hydrogens (tertiary/aromatic N) is 2. The molecule has 2 aromatic carbocycles. The van der Waals surface area contributed by atoms with Crippen molar-refractivity contribution >= 4 is 23.3 Å². The Balaban J connectivity index is 1.89. The second-order valence-corrected chi connectivity index (χ2v) is 6.89. The fourth-order valence-electron chi connectivity index (χ4n) is 2.72. The molecule has 0 atom stereocenters. The van der Waals surface area contributed by atoms with E-state index in [1.165, 1.54) is 0 Å². The molecule has 2 amide bonds. The van der Waals surface area contributed by atoms with Gasteiger partial charge in [-0.05, 0) is 29.8 Å². The van der Waals surface area contributed by atoms with Gasteiger partial charge in [0.15, 0.2) is 5.69 Å². The number of ether oxygens (including phenoxy) is 1. The highest BCUT2D eigenvalue weighted by atomic mass is 16.5. The van der Waals surface area contributed by atoms with Crippen molar-refractivity contribution in [3.8, 4) is 5.69 Å². The number of carbonyl (C=O) groups is 2. The second kappa shape index (κ2) is 9.16. The Labute approximate surface area is 169 Å². The number of nitrogens with one attached hydrogen (secondary N) is 2. The number of benzene rings is 2. The van der Waals surface area contributed by atoms with E-state index in [-0.39, 0.29) is 23.4 Å². The molecule has 7 nitrogen and oxygen atoms in total. The summed E-state index contributed by atoms with van der Waals surface area (Å²) in [4.78, 5) is 25.0. The van der Waals surface area contributed by atoms with E-state index in [9.17, 15) is 9.59 Å². The van der Waals surface area contributed by atoms with E-state index in [1.807, 2.05) is 48.5 Å². The predicted molar refractivity (Wildman–Crippen MR) is 112 cm³/mol. The van der Waals surface area contributed by atoms with E-state index in [2.05, 4.69) is 15.7 Å². The van der Waals surface area contributed by atoms with Crippen molar-refractivity contribution in [2.75, 3.05) is 17.7 Å². The van der Waals surface area contributed by atoms with Crippen molar-refractivity contribution in [1.29, 1.82) is 0 Å². The van der Waals surface area contributed by atoms with Crippen LogP contribution < -0.4 is 10.6 Å². The Morgan fingerprint density at radius 3 is 2.48 bits per heavy atom. The maximum atomic E-state index is 12.8. The number of amides is 2. The largest absolute Gasteiger partial charge is 0.380 e. The van der Waals surface area contributed by atoms with Crippen LogP contribution in [0.3, 0.4) is 0 Å². The highest BCUT2D eigenvalue weighted by molar-refractivity contribution is 6.04. The van der Waals surface area contributed by atoms with Gasteiger partial charge >= 0.3 is 0 Å². The van der Waals surface area contributed by atoms with Gasteiger partial charge in [-0.1, -0.05) is 44.2 Å². The van der Waals surface area contributed by atoms with Crippen molar-refractivity contribution in [1.82, 2.24) is 9.78 Å². The second-order valence-electron chi connectivity index (χ2n) is 6.89. The van der Waals surface area contributed by atoms with Crippen molar-refractivity contribution in [3.63, 3.8) is 0 Å². The normalized spacial score (nSPS) is 10.8. The summed E-state index contributed by atoms with van der Waals surface area (Å²) < 4.78 is 6.68. The maximum Gasteiger partial charge on any atom is 0.276 e. The molecule has 3 aromatic rings. The van der Waals surface area contributed by atoms with Crippen LogP contribution in [-0.2, 0) is 16.1 Å². The minimum atomic E-state index is -0.366. The molecule has 0 spiro atoms. The fourth-order valence-corrected chi connectivity index (χ4v) is 2.72. The third-order valence-electron chi connectivity index (χ3n) is 4.21. The molecule has 0 fully saturated rings. The number of hydrogen-bond donors (Lipinski definition) is 2. The number of hydrogen-bond acceptors (Lipinski definition) is 4. The number of aromatic nitrogens is 2. The SMILES string of the molecule is COCc1cccc(NC(=O)c2cc(NC(=O)C(C)C)n(-c3ccccc3)n2)c1. The van der Waals surface area contributed by atoms with E-state index < -0.39 is 0 Å². The molecule has 2 N–H and O–H groups in total. The first-order valence-corrected chi connectivity index (χ1v) is 9.33. The summed E-state index contributed by atoms with van der Waals surface area (Å²) in [6.07, 6.45) is 0. The standard InChI is InChI=1S/C22H24N4O3/c1-15(2)21(27)24-20-13-19(25-26(20)18-10-5-4-6-11-18)22(28)23-17-9-7-8-16(12-17)14-29-3/h4-13,15H,14H2,1-3H3,(H,23,28)(H,24,27). The van der Waals surface area contributed by atoms with Gasteiger partial charge in [0.25, 0.3) is 5.91 Å². The molecule has 0 saturated heterocycles. The van der Waals surface area contributed by atoms with Crippen LogP contribution in [0.1, 0.15) is 29.9 Å². The summed E-state index contributed by atoms with van der Waals surface area (Å²) in [5.74, 6) is -0.279. The zero-order chi connectivity index (χ0) is 20.8. The number of carbonyl (C=O) groups excluding carboxylic acids is 2. The Bertz CT molecular complexity index is 996. The topological polar surface area (TPSA) is 85.3 Å². The lowest BCUT2D eigenvalue weighted by Crippen LogP contribution is -2.19. The predicted octanol–water partition coefficient (Wildman–Crippen LogP) is 3.87. The molecule has 150 valence electrons. The van der Waals surface area contributed by atoms with Crippen LogP contribution in [0, 0.1) is 5.92 Å². The summed E-state index contributed by atoms with van der Waals surface area (Å²) >= 11 is 0. The molecule has 3 rings (SSSR count). The fraction of sp³-hybridized carbons (Fsp3) is 0.227. The molecule has 0 aliphatic rings. The van der Waals surface area contributed by atoms with E-state index in [0.29, 0.717) is 18.1 Å². The van der Waals surface area contributed by atoms with Crippen LogP contribution in [0.2, 0.25) is 0 Å². The average molecular weight is 392 g/mol. The average Bonchev–Trinajstić information content (AvgIpc) is 3.13. The lowest BCUT2D eigenvalue weighted by Gasteiger charge is -2.10. The molecular formula is C22H24N4O3. The Hall–Kier alpha value is -3.45. The van der Waals surface area contributed by atoms with Crippen LogP contribution in [0.25, 0.3) is 5.69 Å². The van der Waals surface area contributed by atoms with Gasteiger partial charge in [-0.15, -0.1) is 0 Å². The smallest absolute Gasteiger partial charge is 0.276 e. The number of rotatable bonds is 7. The van der Waals surface area contributed by atoms with Gasteiger partial charge in [0.05, 0.1) is 12.3 Å². The van der Waals surface area contributed by atoms with Gasteiger partial charge in [0.2, 0.25) is 5.91 Å². The molecule has 0 saturated carbocycles. The lowest BCUT2D eigenvalue weighted by molar-refractivity contribution is -0.118. The van der Waals surface area contributed by atoms with Crippen LogP contribution in [-0.4, -0.2) is 28.7 Å². The number of anilines is 2. The van der Waals surface area contributed by atoms with Crippen molar-refractivity contribution < 1.29 is 14.3 Å². The quantitative estimate of drug-likeness (QED) is 0.639. The first-order valence-electron chi connectivity index (χ1n) is 9.33. The van der Waals surface area contributed by atoms with Crippen LogP contribution >= 0.6 is 0 Å². The molecule has 0 radical (unpaired) electrons. The maximum absolute atomic E-state index is 12.8. The number of methoxy groups -OCH3 is 1. The monoisotopic (exact) mass is 392 g/mol.